The van der Waals surface area contributed by atoms with E-state index in [1.165, 1.54) is 24.3 Å². The molecule has 1 aromatic heterocycles. The molecule has 2 aromatic carbocycles. The Hall–Kier alpha value is -3.17. The van der Waals surface area contributed by atoms with Gasteiger partial charge in [-0.15, -0.1) is 11.3 Å². The lowest BCUT2D eigenvalue weighted by molar-refractivity contribution is -0.137. The Bertz CT molecular complexity index is 1590. The van der Waals surface area contributed by atoms with Crippen LogP contribution in [-0.4, -0.2) is 80.8 Å². The van der Waals surface area contributed by atoms with Gasteiger partial charge in [0.05, 0.1) is 36.0 Å². The molecule has 1 aliphatic rings. The van der Waals surface area contributed by atoms with Gasteiger partial charge in [-0.2, -0.15) is 13.2 Å². The molecule has 0 saturated heterocycles. The third-order valence-electron chi connectivity index (χ3n) is 8.29. The fourth-order valence-corrected chi connectivity index (χ4v) is 7.60. The van der Waals surface area contributed by atoms with E-state index in [9.17, 15) is 31.5 Å². The highest BCUT2D eigenvalue weighted by atomic mass is 32.2. The van der Waals surface area contributed by atoms with Crippen LogP contribution in [0.15, 0.2) is 64.2 Å². The highest BCUT2D eigenvalue weighted by Crippen LogP contribution is 2.31. The van der Waals surface area contributed by atoms with E-state index in [1.54, 1.807) is 35.4 Å². The van der Waals surface area contributed by atoms with Gasteiger partial charge in [0.25, 0.3) is 15.9 Å². The molecule has 2 heterocycles. The number of hydrogen-bond acceptors (Lipinski definition) is 8. The van der Waals surface area contributed by atoms with Crippen molar-refractivity contribution in [2.75, 3.05) is 38.1 Å². The molecule has 2 N–H and O–H groups in total. The number of fused-ring (bicyclic) bond motifs is 1. The van der Waals surface area contributed by atoms with Crippen LogP contribution in [0.25, 0.3) is 0 Å². The maximum Gasteiger partial charge on any atom is 0.416 e. The Labute approximate surface area is 284 Å². The van der Waals surface area contributed by atoms with Crippen LogP contribution in [0.4, 0.5) is 18.9 Å². The van der Waals surface area contributed by atoms with Crippen molar-refractivity contribution < 1.29 is 41.0 Å². The van der Waals surface area contributed by atoms with E-state index in [1.807, 2.05) is 25.8 Å². The number of rotatable bonds is 9. The van der Waals surface area contributed by atoms with Crippen molar-refractivity contribution >= 4 is 33.0 Å². The molecule has 0 fully saturated rings. The fourth-order valence-electron chi connectivity index (χ4n) is 5.55. The summed E-state index contributed by atoms with van der Waals surface area (Å²) in [5.41, 5.74) is 0.382. The molecular weight excluding hydrogens is 668 g/mol. The average molecular weight is 712 g/mol. The lowest BCUT2D eigenvalue weighted by Crippen LogP contribution is -2.47. The maximum atomic E-state index is 14.3. The number of nitrogens with one attached hydrogen (secondary N) is 1. The van der Waals surface area contributed by atoms with E-state index < -0.39 is 33.7 Å². The number of aliphatic hydroxyl groups excluding tert-OH is 1. The number of carbonyl (C=O) groups excluding carboxylic acids is 1. The molecule has 3 aromatic rings. The predicted molar refractivity (Wildman–Crippen MR) is 180 cm³/mol. The van der Waals surface area contributed by atoms with Gasteiger partial charge < -0.3 is 19.5 Å². The van der Waals surface area contributed by atoms with Gasteiger partial charge in [-0.1, -0.05) is 25.1 Å². The number of ether oxygens (including phenoxy) is 2. The molecule has 9 nitrogen and oxygen atoms in total. The topological polar surface area (TPSA) is 108 Å². The van der Waals surface area contributed by atoms with Crippen molar-refractivity contribution in [2.45, 2.75) is 75.2 Å². The first-order valence-corrected chi connectivity index (χ1v) is 18.3. The second-order valence-corrected chi connectivity index (χ2v) is 15.3. The molecule has 0 aliphatic carbocycles. The first-order chi connectivity index (χ1) is 22.7. The molecule has 0 saturated carbocycles. The normalized spacial score (nSPS) is 20.9. The standard InChI is InChI=1S/C34H44F3N3O6S2/c1-23-19-40(24(2)22-41)33(42)29-18-28(38-48(43,44)32-9-7-17-47-32)14-15-30(29)46-25(3)8-5-6-16-45-31(23)21-39(4)20-26-10-12-27(13-11-26)34(35,36)37/h7,9-15,17-18,23-25,31,38,41H,5-6,8,16,19-22H2,1-4H3/t23-,24+,25-,31+/m0/s1. The summed E-state index contributed by atoms with van der Waals surface area (Å²) in [6, 6.07) is 12.3. The number of carbonyl (C=O) groups is 1. The molecule has 4 atom stereocenters. The number of likely N-dealkylation sites (N-methyl/N-ethyl adjacent to an activating group) is 1. The molecule has 1 aliphatic heterocycles. The largest absolute Gasteiger partial charge is 0.490 e. The lowest BCUT2D eigenvalue weighted by Gasteiger charge is -2.36. The van der Waals surface area contributed by atoms with E-state index >= 15 is 0 Å². The monoisotopic (exact) mass is 711 g/mol. The van der Waals surface area contributed by atoms with Crippen molar-refractivity contribution in [2.24, 2.45) is 5.92 Å². The van der Waals surface area contributed by atoms with E-state index in [-0.39, 0.29) is 46.7 Å². The van der Waals surface area contributed by atoms with Gasteiger partial charge in [-0.05, 0) is 87.5 Å². The van der Waals surface area contributed by atoms with Crippen molar-refractivity contribution in [3.05, 3.63) is 76.7 Å². The van der Waals surface area contributed by atoms with E-state index in [0.29, 0.717) is 31.9 Å². The molecule has 0 unspecified atom stereocenters. The minimum atomic E-state index is -4.40. The van der Waals surface area contributed by atoms with Crippen LogP contribution in [-0.2, 0) is 27.5 Å². The number of nitrogens with zero attached hydrogens (tertiary/aromatic N) is 2. The molecule has 0 bridgehead atoms. The molecule has 0 spiro atoms. The van der Waals surface area contributed by atoms with E-state index in [0.717, 1.165) is 41.9 Å². The summed E-state index contributed by atoms with van der Waals surface area (Å²) in [5, 5.41) is 11.8. The first-order valence-electron chi connectivity index (χ1n) is 15.9. The van der Waals surface area contributed by atoms with Gasteiger partial charge >= 0.3 is 6.18 Å². The van der Waals surface area contributed by atoms with Gasteiger partial charge in [-0.3, -0.25) is 14.4 Å². The molecule has 4 rings (SSSR count). The number of anilines is 1. The van der Waals surface area contributed by atoms with Crippen LogP contribution in [0.5, 0.6) is 5.75 Å². The second kappa shape index (κ2) is 16.5. The molecule has 264 valence electrons. The van der Waals surface area contributed by atoms with E-state index in [2.05, 4.69) is 4.72 Å². The second-order valence-electron chi connectivity index (χ2n) is 12.4. The molecule has 14 heteroatoms. The van der Waals surface area contributed by atoms with Gasteiger partial charge in [0, 0.05) is 37.8 Å². The summed E-state index contributed by atoms with van der Waals surface area (Å²) in [7, 11) is -2.01. The zero-order valence-corrected chi connectivity index (χ0v) is 29.2. The Morgan fingerprint density at radius 3 is 2.50 bits per heavy atom. The predicted octanol–water partition coefficient (Wildman–Crippen LogP) is 6.50. The number of aliphatic hydroxyl groups is 1. The Morgan fingerprint density at radius 1 is 1.12 bits per heavy atom. The minimum absolute atomic E-state index is 0.137. The van der Waals surface area contributed by atoms with Gasteiger partial charge in [0.15, 0.2) is 0 Å². The average Bonchev–Trinajstić information content (AvgIpc) is 3.59. The van der Waals surface area contributed by atoms with Crippen LogP contribution in [0, 0.1) is 5.92 Å². The zero-order chi connectivity index (χ0) is 35.1. The van der Waals surface area contributed by atoms with E-state index in [4.69, 9.17) is 9.47 Å². The van der Waals surface area contributed by atoms with Gasteiger partial charge in [0.2, 0.25) is 0 Å². The first kappa shape index (κ1) is 37.6. The van der Waals surface area contributed by atoms with Crippen LogP contribution in [0.1, 0.15) is 61.5 Å². The van der Waals surface area contributed by atoms with Gasteiger partial charge in [0.1, 0.15) is 9.96 Å². The number of hydrogen-bond donors (Lipinski definition) is 2. The van der Waals surface area contributed by atoms with Crippen molar-refractivity contribution in [3.8, 4) is 5.75 Å². The summed E-state index contributed by atoms with van der Waals surface area (Å²) >= 11 is 1.08. The summed E-state index contributed by atoms with van der Waals surface area (Å²) in [6.45, 7) is 6.81. The Balaban J connectivity index is 1.60. The zero-order valence-electron chi connectivity index (χ0n) is 27.6. The SMILES string of the molecule is C[C@H](CO)N1C[C@H](C)[C@@H](CN(C)Cc2ccc(C(F)(F)F)cc2)OCCCC[C@H](C)Oc2ccc(NS(=O)(=O)c3cccs3)cc2C1=O. The lowest BCUT2D eigenvalue weighted by atomic mass is 10.0. The van der Waals surface area contributed by atoms with Crippen LogP contribution >= 0.6 is 11.3 Å². The van der Waals surface area contributed by atoms with Crippen molar-refractivity contribution in [1.82, 2.24) is 9.80 Å². The number of halogens is 3. The number of benzene rings is 2. The minimum Gasteiger partial charge on any atom is -0.490 e. The van der Waals surface area contributed by atoms with Gasteiger partial charge in [-0.25, -0.2) is 8.42 Å². The van der Waals surface area contributed by atoms with Crippen LogP contribution < -0.4 is 9.46 Å². The third-order valence-corrected chi connectivity index (χ3v) is 11.1. The third kappa shape index (κ3) is 10.2. The number of thiophene rings is 1. The molecule has 0 radical (unpaired) electrons. The Morgan fingerprint density at radius 2 is 1.85 bits per heavy atom. The summed E-state index contributed by atoms with van der Waals surface area (Å²) in [4.78, 5) is 17.8. The quantitative estimate of drug-likeness (QED) is 0.261. The molecule has 48 heavy (non-hydrogen) atoms. The number of amides is 1. The summed E-state index contributed by atoms with van der Waals surface area (Å²) < 4.78 is 80.4. The molecule has 1 amide bonds. The Kier molecular flexibility index (Phi) is 12.9. The number of sulfonamides is 1. The smallest absolute Gasteiger partial charge is 0.416 e. The summed E-state index contributed by atoms with van der Waals surface area (Å²) in [5.74, 6) is -0.336. The van der Waals surface area contributed by atoms with Crippen LogP contribution in [0.3, 0.4) is 0 Å². The number of alkyl halides is 3. The fraction of sp³-hybridized carbons (Fsp3) is 0.500. The maximum absolute atomic E-state index is 14.3. The molecular formula is C34H44F3N3O6S2. The van der Waals surface area contributed by atoms with Crippen molar-refractivity contribution in [1.29, 1.82) is 0 Å². The van der Waals surface area contributed by atoms with Crippen molar-refractivity contribution in [3.63, 3.8) is 0 Å². The highest BCUT2D eigenvalue weighted by Gasteiger charge is 2.32. The summed E-state index contributed by atoms with van der Waals surface area (Å²) in [6.07, 6.45) is -2.73. The highest BCUT2D eigenvalue weighted by molar-refractivity contribution is 7.94. The van der Waals surface area contributed by atoms with Crippen LogP contribution in [0.2, 0.25) is 0 Å².